The molecule has 0 unspecified atom stereocenters. The molecule has 2 rings (SSSR count). The second-order valence-corrected chi connectivity index (χ2v) is 2.90. The van der Waals surface area contributed by atoms with Gasteiger partial charge in [0.2, 0.25) is 5.43 Å². The van der Waals surface area contributed by atoms with Crippen LogP contribution in [0, 0.1) is 11.3 Å². The number of nitriles is 1. The van der Waals surface area contributed by atoms with Gasteiger partial charge in [0.05, 0.1) is 5.52 Å². The van der Waals surface area contributed by atoms with Crippen LogP contribution in [0.5, 0.6) is 0 Å². The fourth-order valence-electron chi connectivity index (χ4n) is 1.37. The minimum Gasteiger partial charge on any atom is -1.00 e. The average Bonchev–Trinajstić information content (AvgIpc) is 2.18. The van der Waals surface area contributed by atoms with E-state index in [0.29, 0.717) is 10.9 Å². The van der Waals surface area contributed by atoms with E-state index in [-0.39, 0.29) is 47.8 Å². The molecule has 0 amide bonds. The van der Waals surface area contributed by atoms with Crippen LogP contribution >= 0.6 is 0 Å². The van der Waals surface area contributed by atoms with E-state index in [1.807, 2.05) is 0 Å². The number of pyridine rings is 1. The van der Waals surface area contributed by atoms with E-state index in [4.69, 9.17) is 11.0 Å². The van der Waals surface area contributed by atoms with Crippen LogP contribution in [0.2, 0.25) is 0 Å². The van der Waals surface area contributed by atoms with Crippen molar-refractivity contribution in [2.24, 2.45) is 0 Å². The molecule has 0 saturated carbocycles. The first-order chi connectivity index (χ1) is 6.74. The maximum absolute atomic E-state index is 11.7. The van der Waals surface area contributed by atoms with Gasteiger partial charge in [-0.1, -0.05) is 12.1 Å². The Morgan fingerprint density at radius 3 is 2.73 bits per heavy atom. The molecule has 0 radical (unpaired) electrons. The summed E-state index contributed by atoms with van der Waals surface area (Å²) in [5, 5.41) is 9.19. The van der Waals surface area contributed by atoms with Crippen molar-refractivity contribution in [3.05, 3.63) is 40.1 Å². The van der Waals surface area contributed by atoms with Gasteiger partial charge in [-0.3, -0.25) is 4.79 Å². The van der Waals surface area contributed by atoms with Crippen molar-refractivity contribution in [2.45, 2.75) is 0 Å². The molecule has 0 spiro atoms. The van der Waals surface area contributed by atoms with Gasteiger partial charge < -0.3 is 12.1 Å². The van der Waals surface area contributed by atoms with Crippen LogP contribution in [0.3, 0.4) is 0 Å². The topological polar surface area (TPSA) is 82.7 Å². The predicted molar refractivity (Wildman–Crippen MR) is 54.8 cm³/mol. The Morgan fingerprint density at radius 2 is 2.07 bits per heavy atom. The number of benzene rings is 1. The van der Waals surface area contributed by atoms with Gasteiger partial charge in [-0.05, 0) is 12.1 Å². The largest absolute Gasteiger partial charge is 1.00 e. The second kappa shape index (κ2) is 4.49. The summed E-state index contributed by atoms with van der Waals surface area (Å²) >= 11 is 0. The fraction of sp³-hybridized carbons (Fsp3) is 0. The van der Waals surface area contributed by atoms with Crippen LogP contribution in [0.1, 0.15) is 6.99 Å². The first kappa shape index (κ1) is 11.8. The average molecular weight is 209 g/mol. The van der Waals surface area contributed by atoms with E-state index >= 15 is 0 Å². The van der Waals surface area contributed by atoms with Gasteiger partial charge in [-0.2, -0.15) is 5.26 Å². The third kappa shape index (κ3) is 1.90. The minimum absolute atomic E-state index is 0. The number of hydrogen-bond acceptors (Lipinski definition) is 3. The SMILES string of the molecule is N#Cc1c(N)[nH]c2ccccc2c1=O.[H-].[Na+]. The molecule has 1 aromatic carbocycles. The first-order valence-corrected chi connectivity index (χ1v) is 4.04. The zero-order chi connectivity index (χ0) is 10.1. The van der Waals surface area contributed by atoms with Crippen LogP contribution in [-0.4, -0.2) is 4.98 Å². The first-order valence-electron chi connectivity index (χ1n) is 4.04. The number of nitrogens with two attached hydrogens (primary N) is 1. The maximum atomic E-state index is 11.7. The quantitative estimate of drug-likeness (QED) is 0.497. The number of nitrogen functional groups attached to an aromatic ring is 1. The zero-order valence-corrected chi connectivity index (χ0v) is 10.2. The number of fused-ring (bicyclic) bond motifs is 1. The number of aromatic amines is 1. The van der Waals surface area contributed by atoms with Crippen molar-refractivity contribution in [3.63, 3.8) is 0 Å². The van der Waals surface area contributed by atoms with Crippen LogP contribution < -0.4 is 40.7 Å². The van der Waals surface area contributed by atoms with Gasteiger partial charge >= 0.3 is 29.6 Å². The Morgan fingerprint density at radius 1 is 1.40 bits per heavy atom. The molecular weight excluding hydrogens is 201 g/mol. The molecule has 1 aromatic heterocycles. The molecule has 4 nitrogen and oxygen atoms in total. The van der Waals surface area contributed by atoms with Crippen molar-refractivity contribution in [2.75, 3.05) is 5.73 Å². The van der Waals surface area contributed by atoms with E-state index in [1.165, 1.54) is 0 Å². The molecule has 0 aliphatic carbocycles. The molecule has 0 aliphatic rings. The number of aromatic nitrogens is 1. The minimum atomic E-state index is -0.320. The Bertz CT molecular complexity index is 603. The van der Waals surface area contributed by atoms with Crippen molar-refractivity contribution >= 4 is 16.7 Å². The Hall–Kier alpha value is -1.28. The Labute approximate surface area is 109 Å². The molecule has 15 heavy (non-hydrogen) atoms. The van der Waals surface area contributed by atoms with Crippen LogP contribution in [0.4, 0.5) is 5.82 Å². The van der Waals surface area contributed by atoms with Crippen molar-refractivity contribution in [3.8, 4) is 6.07 Å². The van der Waals surface area contributed by atoms with Crippen LogP contribution in [-0.2, 0) is 0 Å². The fourth-order valence-corrected chi connectivity index (χ4v) is 1.37. The predicted octanol–water partition coefficient (Wildman–Crippen LogP) is -1.90. The zero-order valence-electron chi connectivity index (χ0n) is 9.24. The third-order valence-corrected chi connectivity index (χ3v) is 2.05. The maximum Gasteiger partial charge on any atom is 1.00 e. The van der Waals surface area contributed by atoms with Gasteiger partial charge in [0, 0.05) is 5.39 Å². The molecule has 0 aliphatic heterocycles. The normalized spacial score (nSPS) is 9.27. The van der Waals surface area contributed by atoms with Crippen molar-refractivity contribution < 1.29 is 31.0 Å². The van der Waals surface area contributed by atoms with Gasteiger partial charge in [0.1, 0.15) is 17.5 Å². The summed E-state index contributed by atoms with van der Waals surface area (Å²) in [5.74, 6) is 0.121. The number of nitrogens with one attached hydrogen (secondary N) is 1. The molecule has 0 saturated heterocycles. The number of H-pyrrole nitrogens is 1. The number of rotatable bonds is 0. The van der Waals surface area contributed by atoms with Gasteiger partial charge in [-0.15, -0.1) is 0 Å². The molecule has 2 aromatic rings. The number of hydrogen-bond donors (Lipinski definition) is 2. The third-order valence-electron chi connectivity index (χ3n) is 2.05. The summed E-state index contributed by atoms with van der Waals surface area (Å²) in [4.78, 5) is 14.5. The summed E-state index contributed by atoms with van der Waals surface area (Å²) < 4.78 is 0. The Balaban J connectivity index is 0.00000112. The molecular formula is C10H8N3NaO. The molecule has 1 heterocycles. The van der Waals surface area contributed by atoms with Crippen molar-refractivity contribution in [1.29, 1.82) is 5.26 Å². The van der Waals surface area contributed by atoms with Gasteiger partial charge in [0.15, 0.2) is 0 Å². The number of anilines is 1. The molecule has 70 valence electrons. The van der Waals surface area contributed by atoms with Crippen LogP contribution in [0.25, 0.3) is 10.9 Å². The molecule has 0 bridgehead atoms. The van der Waals surface area contributed by atoms with Gasteiger partial charge in [-0.25, -0.2) is 0 Å². The van der Waals surface area contributed by atoms with E-state index in [2.05, 4.69) is 4.98 Å². The number of nitrogens with zero attached hydrogens (tertiary/aromatic N) is 1. The summed E-state index contributed by atoms with van der Waals surface area (Å²) in [6.07, 6.45) is 0. The summed E-state index contributed by atoms with van der Waals surface area (Å²) in [6.45, 7) is 0. The smallest absolute Gasteiger partial charge is 1.00 e. The Kier molecular flexibility index (Phi) is 3.53. The number of para-hydroxylation sites is 1. The summed E-state index contributed by atoms with van der Waals surface area (Å²) in [5.41, 5.74) is 5.82. The standard InChI is InChI=1S/C10H7N3O.Na.H/c11-5-7-9(14)6-3-1-2-4-8(6)13-10(7)12;;/h1-4H,(H3,12,13,14);;/q;+1;-1. The molecule has 3 N–H and O–H groups in total. The van der Waals surface area contributed by atoms with E-state index in [0.717, 1.165) is 0 Å². The van der Waals surface area contributed by atoms with E-state index < -0.39 is 0 Å². The van der Waals surface area contributed by atoms with E-state index in [1.54, 1.807) is 30.3 Å². The molecule has 0 atom stereocenters. The monoisotopic (exact) mass is 209 g/mol. The van der Waals surface area contributed by atoms with Crippen LogP contribution in [0.15, 0.2) is 29.1 Å². The molecule has 0 fully saturated rings. The summed E-state index contributed by atoms with van der Waals surface area (Å²) in [6, 6.07) is 8.73. The molecule has 5 heteroatoms. The van der Waals surface area contributed by atoms with Gasteiger partial charge in [0.25, 0.3) is 0 Å². The van der Waals surface area contributed by atoms with Crippen molar-refractivity contribution in [1.82, 2.24) is 4.98 Å². The summed E-state index contributed by atoms with van der Waals surface area (Å²) in [7, 11) is 0. The second-order valence-electron chi connectivity index (χ2n) is 2.90. The van der Waals surface area contributed by atoms with E-state index in [9.17, 15) is 4.79 Å².